The fraction of sp³-hybridized carbons (Fsp3) is 0.500. The number of hydrogen-bond donors (Lipinski definition) is 0. The van der Waals surface area contributed by atoms with Gasteiger partial charge in [-0.1, -0.05) is 39.8 Å². The van der Waals surface area contributed by atoms with Gasteiger partial charge in [0.1, 0.15) is 0 Å². The van der Waals surface area contributed by atoms with Gasteiger partial charge in [0, 0.05) is 5.56 Å². The van der Waals surface area contributed by atoms with Gasteiger partial charge in [0.2, 0.25) is 0 Å². The number of carbonyl (C=O) groups is 1. The molecule has 0 spiro atoms. The van der Waals surface area contributed by atoms with Crippen molar-refractivity contribution in [3.05, 3.63) is 34.4 Å². The lowest BCUT2D eigenvalue weighted by atomic mass is 9.86. The van der Waals surface area contributed by atoms with Crippen molar-refractivity contribution < 1.29 is 4.79 Å². The van der Waals surface area contributed by atoms with E-state index in [1.54, 1.807) is 0 Å². The summed E-state index contributed by atoms with van der Waals surface area (Å²) in [6.07, 6.45) is 1.01. The van der Waals surface area contributed by atoms with Crippen molar-refractivity contribution in [2.24, 2.45) is 0 Å². The van der Waals surface area contributed by atoms with Crippen molar-refractivity contribution in [1.29, 1.82) is 0 Å². The van der Waals surface area contributed by atoms with Gasteiger partial charge in [0.25, 0.3) is 0 Å². The van der Waals surface area contributed by atoms with Gasteiger partial charge in [-0.05, 0) is 35.4 Å². The quantitative estimate of drug-likeness (QED) is 0.679. The number of hydrogen-bond acceptors (Lipinski definition) is 1. The Hall–Kier alpha value is -1.11. The summed E-state index contributed by atoms with van der Waals surface area (Å²) in [4.78, 5) is 11.2. The number of rotatable bonds is 3. The topological polar surface area (TPSA) is 17.1 Å². The Morgan fingerprint density at radius 1 is 1.07 bits per heavy atom. The van der Waals surface area contributed by atoms with Crippen molar-refractivity contribution in [2.45, 2.75) is 46.5 Å². The highest BCUT2D eigenvalue weighted by Gasteiger charge is 2.14. The third kappa shape index (κ3) is 2.28. The van der Waals surface area contributed by atoms with E-state index in [1.807, 2.05) is 0 Å². The maximum absolute atomic E-state index is 11.2. The lowest BCUT2D eigenvalue weighted by molar-refractivity contribution is 0.112. The number of carbonyl (C=O) groups excluding carboxylic acids is 1. The van der Waals surface area contributed by atoms with Gasteiger partial charge in [-0.25, -0.2) is 0 Å². The molecule has 0 bridgehead atoms. The van der Waals surface area contributed by atoms with Crippen LogP contribution in [0.25, 0.3) is 0 Å². The monoisotopic (exact) mass is 204 g/mol. The van der Waals surface area contributed by atoms with Gasteiger partial charge in [0.15, 0.2) is 6.29 Å². The zero-order valence-corrected chi connectivity index (χ0v) is 10.3. The molecule has 0 unspecified atom stereocenters. The summed E-state index contributed by atoms with van der Waals surface area (Å²) in [6, 6.07) is 4.20. The van der Waals surface area contributed by atoms with Crippen LogP contribution in [0, 0.1) is 6.92 Å². The number of benzene rings is 1. The fourth-order valence-corrected chi connectivity index (χ4v) is 2.16. The molecule has 15 heavy (non-hydrogen) atoms. The zero-order chi connectivity index (χ0) is 11.6. The standard InChI is InChI=1S/C14H20O/c1-9(2)12-7-6-11(5)14(10(3)4)13(12)8-15/h6-10H,1-5H3. The molecule has 0 fully saturated rings. The Morgan fingerprint density at radius 3 is 2.07 bits per heavy atom. The molecule has 1 nitrogen and oxygen atoms in total. The Morgan fingerprint density at radius 2 is 1.67 bits per heavy atom. The normalized spacial score (nSPS) is 11.1. The molecule has 0 heterocycles. The summed E-state index contributed by atoms with van der Waals surface area (Å²) < 4.78 is 0. The highest BCUT2D eigenvalue weighted by Crippen LogP contribution is 2.28. The minimum Gasteiger partial charge on any atom is -0.298 e. The SMILES string of the molecule is Cc1ccc(C(C)C)c(C=O)c1C(C)C. The maximum Gasteiger partial charge on any atom is 0.150 e. The summed E-state index contributed by atoms with van der Waals surface area (Å²) in [5.74, 6) is 0.812. The predicted molar refractivity (Wildman–Crippen MR) is 64.7 cm³/mol. The van der Waals surface area contributed by atoms with E-state index in [0.717, 1.165) is 11.8 Å². The summed E-state index contributed by atoms with van der Waals surface area (Å²) in [5.41, 5.74) is 4.49. The van der Waals surface area contributed by atoms with Crippen molar-refractivity contribution in [2.75, 3.05) is 0 Å². The summed E-state index contributed by atoms with van der Waals surface area (Å²) in [6.45, 7) is 10.6. The molecule has 0 radical (unpaired) electrons. The van der Waals surface area contributed by atoms with Crippen LogP contribution in [-0.2, 0) is 0 Å². The van der Waals surface area contributed by atoms with Gasteiger partial charge >= 0.3 is 0 Å². The van der Waals surface area contributed by atoms with Crippen molar-refractivity contribution in [3.63, 3.8) is 0 Å². The molecule has 0 saturated carbocycles. The Balaban J connectivity index is 3.47. The smallest absolute Gasteiger partial charge is 0.150 e. The summed E-state index contributed by atoms with van der Waals surface area (Å²) >= 11 is 0. The summed E-state index contributed by atoms with van der Waals surface area (Å²) in [7, 11) is 0. The molecule has 1 heteroatoms. The van der Waals surface area contributed by atoms with Gasteiger partial charge in [-0.2, -0.15) is 0 Å². The van der Waals surface area contributed by atoms with Crippen molar-refractivity contribution in [3.8, 4) is 0 Å². The van der Waals surface area contributed by atoms with Crippen LogP contribution in [0.1, 0.15) is 66.6 Å². The Kier molecular flexibility index (Phi) is 3.67. The molecule has 0 amide bonds. The minimum atomic E-state index is 0.406. The van der Waals surface area contributed by atoms with Gasteiger partial charge in [-0.3, -0.25) is 4.79 Å². The minimum absolute atomic E-state index is 0.406. The second kappa shape index (κ2) is 4.61. The fourth-order valence-electron chi connectivity index (χ4n) is 2.16. The predicted octanol–water partition coefficient (Wildman–Crippen LogP) is 4.05. The van der Waals surface area contributed by atoms with Crippen LogP contribution < -0.4 is 0 Å². The average molecular weight is 204 g/mol. The Bertz CT molecular complexity index is 362. The van der Waals surface area contributed by atoms with E-state index in [4.69, 9.17) is 0 Å². The van der Waals surface area contributed by atoms with Gasteiger partial charge < -0.3 is 0 Å². The third-order valence-electron chi connectivity index (χ3n) is 2.86. The molecule has 1 aromatic carbocycles. The van der Waals surface area contributed by atoms with E-state index < -0.39 is 0 Å². The molecule has 1 rings (SSSR count). The maximum atomic E-state index is 11.2. The molecule has 0 N–H and O–H groups in total. The molecule has 0 aliphatic rings. The molecular formula is C14H20O. The Labute approximate surface area is 92.5 Å². The van der Waals surface area contributed by atoms with Crippen LogP contribution in [0.15, 0.2) is 12.1 Å². The van der Waals surface area contributed by atoms with Gasteiger partial charge in [0.05, 0.1) is 0 Å². The number of aryl methyl sites for hydroxylation is 1. The van der Waals surface area contributed by atoms with E-state index in [-0.39, 0.29) is 0 Å². The second-order valence-electron chi connectivity index (χ2n) is 4.73. The van der Waals surface area contributed by atoms with E-state index in [9.17, 15) is 4.79 Å². The largest absolute Gasteiger partial charge is 0.298 e. The van der Waals surface area contributed by atoms with Gasteiger partial charge in [-0.15, -0.1) is 0 Å². The van der Waals surface area contributed by atoms with Crippen LogP contribution in [0.3, 0.4) is 0 Å². The molecule has 0 aromatic heterocycles. The second-order valence-corrected chi connectivity index (χ2v) is 4.73. The third-order valence-corrected chi connectivity index (χ3v) is 2.86. The molecular weight excluding hydrogens is 184 g/mol. The first-order valence-electron chi connectivity index (χ1n) is 5.57. The first-order valence-corrected chi connectivity index (χ1v) is 5.57. The highest BCUT2D eigenvalue weighted by atomic mass is 16.1. The average Bonchev–Trinajstić information content (AvgIpc) is 2.15. The van der Waals surface area contributed by atoms with E-state index in [2.05, 4.69) is 46.8 Å². The van der Waals surface area contributed by atoms with E-state index in [0.29, 0.717) is 11.8 Å². The van der Waals surface area contributed by atoms with Crippen molar-refractivity contribution >= 4 is 6.29 Å². The van der Waals surface area contributed by atoms with Crippen LogP contribution in [0.2, 0.25) is 0 Å². The molecule has 82 valence electrons. The van der Waals surface area contributed by atoms with Crippen LogP contribution in [0.4, 0.5) is 0 Å². The van der Waals surface area contributed by atoms with Crippen LogP contribution in [0.5, 0.6) is 0 Å². The molecule has 1 aromatic rings. The van der Waals surface area contributed by atoms with Crippen LogP contribution in [-0.4, -0.2) is 6.29 Å². The summed E-state index contributed by atoms with van der Waals surface area (Å²) in [5, 5.41) is 0. The highest BCUT2D eigenvalue weighted by molar-refractivity contribution is 5.81. The first-order chi connectivity index (χ1) is 6.99. The lowest BCUT2D eigenvalue weighted by Crippen LogP contribution is -2.04. The zero-order valence-electron chi connectivity index (χ0n) is 10.3. The van der Waals surface area contributed by atoms with Crippen LogP contribution >= 0.6 is 0 Å². The van der Waals surface area contributed by atoms with E-state index in [1.165, 1.54) is 16.7 Å². The van der Waals surface area contributed by atoms with Crippen molar-refractivity contribution in [1.82, 2.24) is 0 Å². The van der Waals surface area contributed by atoms with E-state index >= 15 is 0 Å². The molecule has 0 atom stereocenters. The first kappa shape index (κ1) is 12.0. The number of aldehydes is 1. The molecule has 0 aliphatic carbocycles. The molecule has 0 saturated heterocycles. The lowest BCUT2D eigenvalue weighted by Gasteiger charge is -2.18. The molecule has 0 aliphatic heterocycles.